The Morgan fingerprint density at radius 1 is 1.25 bits per heavy atom. The van der Waals surface area contributed by atoms with Crippen LogP contribution in [-0.4, -0.2) is 0 Å². The summed E-state index contributed by atoms with van der Waals surface area (Å²) in [6.45, 7) is 1.83. The third-order valence-corrected chi connectivity index (χ3v) is 2.27. The first-order chi connectivity index (χ1) is 7.66. The number of nitrogens with one attached hydrogen (secondary N) is 1. The summed E-state index contributed by atoms with van der Waals surface area (Å²) in [7, 11) is 0. The molecule has 1 heterocycles. The molecule has 0 saturated carbocycles. The monoisotopic (exact) mass is 223 g/mol. The summed E-state index contributed by atoms with van der Waals surface area (Å²) >= 11 is 0. The molecule has 1 aromatic carbocycles. The van der Waals surface area contributed by atoms with Crippen LogP contribution >= 0.6 is 0 Å². The van der Waals surface area contributed by atoms with Crippen LogP contribution in [0.5, 0.6) is 0 Å². The lowest BCUT2D eigenvalue weighted by atomic mass is 10.2. The van der Waals surface area contributed by atoms with E-state index in [2.05, 4.69) is 5.32 Å². The Kier molecular flexibility index (Phi) is 2.90. The molecule has 16 heavy (non-hydrogen) atoms. The first-order valence-corrected chi connectivity index (χ1v) is 4.92. The third kappa shape index (κ3) is 2.21. The molecule has 0 aliphatic heterocycles. The van der Waals surface area contributed by atoms with Gasteiger partial charge in [0, 0.05) is 6.07 Å². The fraction of sp³-hybridized carbons (Fsp3) is 0.167. The van der Waals surface area contributed by atoms with Crippen LogP contribution < -0.4 is 5.32 Å². The Balaban J connectivity index is 2.15. The summed E-state index contributed by atoms with van der Waals surface area (Å²) in [5.41, 5.74) is 0.255. The van der Waals surface area contributed by atoms with Crippen molar-refractivity contribution in [1.29, 1.82) is 0 Å². The van der Waals surface area contributed by atoms with Crippen LogP contribution in [0.4, 0.5) is 14.5 Å². The molecule has 1 aromatic heterocycles. The molecule has 84 valence electrons. The molecule has 0 aliphatic rings. The number of halogens is 2. The average Bonchev–Trinajstić information content (AvgIpc) is 2.75. The molecular weight excluding hydrogens is 212 g/mol. The van der Waals surface area contributed by atoms with E-state index in [0.29, 0.717) is 5.76 Å². The maximum atomic E-state index is 13.3. The highest BCUT2D eigenvalue weighted by molar-refractivity contribution is 5.46. The average molecular weight is 223 g/mol. The fourth-order valence-corrected chi connectivity index (χ4v) is 1.45. The van der Waals surface area contributed by atoms with Crippen molar-refractivity contribution >= 4 is 5.69 Å². The van der Waals surface area contributed by atoms with E-state index >= 15 is 0 Å². The number of hydrogen-bond donors (Lipinski definition) is 1. The van der Waals surface area contributed by atoms with E-state index in [-0.39, 0.29) is 11.7 Å². The fourth-order valence-electron chi connectivity index (χ4n) is 1.45. The highest BCUT2D eigenvalue weighted by Gasteiger charge is 2.10. The van der Waals surface area contributed by atoms with Crippen LogP contribution in [0.25, 0.3) is 0 Å². The minimum Gasteiger partial charge on any atom is -0.467 e. The molecule has 0 radical (unpaired) electrons. The van der Waals surface area contributed by atoms with E-state index in [9.17, 15) is 8.78 Å². The van der Waals surface area contributed by atoms with Gasteiger partial charge in [0.15, 0.2) is 0 Å². The normalized spacial score (nSPS) is 12.4. The largest absolute Gasteiger partial charge is 0.467 e. The standard InChI is InChI=1S/C12H11F2NO/c1-8(12-3-2-6-16-12)15-11-5-4-9(13)7-10(11)14/h2-8,15H,1H3. The van der Waals surface area contributed by atoms with E-state index < -0.39 is 11.6 Å². The number of rotatable bonds is 3. The van der Waals surface area contributed by atoms with Crippen LogP contribution in [0.15, 0.2) is 41.0 Å². The minimum atomic E-state index is -0.613. The lowest BCUT2D eigenvalue weighted by molar-refractivity contribution is 0.489. The van der Waals surface area contributed by atoms with E-state index in [1.165, 1.54) is 12.1 Å². The van der Waals surface area contributed by atoms with Gasteiger partial charge >= 0.3 is 0 Å². The molecular formula is C12H11F2NO. The Hall–Kier alpha value is -1.84. The van der Waals surface area contributed by atoms with Crippen LogP contribution in [0.2, 0.25) is 0 Å². The third-order valence-electron chi connectivity index (χ3n) is 2.27. The second-order valence-electron chi connectivity index (χ2n) is 3.51. The minimum absolute atomic E-state index is 0.171. The summed E-state index contributed by atoms with van der Waals surface area (Å²) in [5, 5.41) is 2.90. The lowest BCUT2D eigenvalue weighted by Crippen LogP contribution is -2.07. The highest BCUT2D eigenvalue weighted by atomic mass is 19.1. The number of benzene rings is 1. The van der Waals surface area contributed by atoms with Crippen LogP contribution in [-0.2, 0) is 0 Å². The van der Waals surface area contributed by atoms with Gasteiger partial charge in [0.1, 0.15) is 17.4 Å². The summed E-state index contributed by atoms with van der Waals surface area (Å²) in [5.74, 6) is -0.504. The zero-order chi connectivity index (χ0) is 11.5. The molecule has 1 unspecified atom stereocenters. The van der Waals surface area contributed by atoms with Gasteiger partial charge in [-0.2, -0.15) is 0 Å². The molecule has 0 bridgehead atoms. The van der Waals surface area contributed by atoms with Gasteiger partial charge in [0.05, 0.1) is 18.0 Å². The Morgan fingerprint density at radius 3 is 2.69 bits per heavy atom. The molecule has 0 amide bonds. The first kappa shape index (κ1) is 10.7. The first-order valence-electron chi connectivity index (χ1n) is 4.92. The van der Waals surface area contributed by atoms with Crippen molar-refractivity contribution in [3.05, 3.63) is 54.0 Å². The molecule has 0 aliphatic carbocycles. The smallest absolute Gasteiger partial charge is 0.149 e. The summed E-state index contributed by atoms with van der Waals surface area (Å²) in [6, 6.07) is 6.80. The zero-order valence-corrected chi connectivity index (χ0v) is 8.71. The van der Waals surface area contributed by atoms with Crippen LogP contribution in [0.3, 0.4) is 0 Å². The molecule has 4 heteroatoms. The summed E-state index contributed by atoms with van der Waals surface area (Å²) in [6.07, 6.45) is 1.55. The van der Waals surface area contributed by atoms with E-state index in [1.807, 2.05) is 6.92 Å². The van der Waals surface area contributed by atoms with E-state index in [0.717, 1.165) is 6.07 Å². The Morgan fingerprint density at radius 2 is 2.06 bits per heavy atom. The van der Waals surface area contributed by atoms with Crippen molar-refractivity contribution in [2.24, 2.45) is 0 Å². The van der Waals surface area contributed by atoms with Gasteiger partial charge in [0.2, 0.25) is 0 Å². The molecule has 1 N–H and O–H groups in total. The van der Waals surface area contributed by atoms with E-state index in [1.54, 1.807) is 18.4 Å². The van der Waals surface area contributed by atoms with Crippen molar-refractivity contribution < 1.29 is 13.2 Å². The number of furan rings is 1. The predicted octanol–water partition coefficient (Wildman–Crippen LogP) is 3.73. The topological polar surface area (TPSA) is 25.2 Å². The molecule has 2 aromatic rings. The molecule has 2 rings (SSSR count). The summed E-state index contributed by atoms with van der Waals surface area (Å²) < 4.78 is 31.2. The van der Waals surface area contributed by atoms with Gasteiger partial charge < -0.3 is 9.73 Å². The SMILES string of the molecule is CC(Nc1ccc(F)cc1F)c1ccco1. The lowest BCUT2D eigenvalue weighted by Gasteiger charge is -2.13. The molecule has 1 atom stereocenters. The second kappa shape index (κ2) is 4.35. The van der Waals surface area contributed by atoms with Gasteiger partial charge in [-0.15, -0.1) is 0 Å². The molecule has 0 fully saturated rings. The summed E-state index contributed by atoms with van der Waals surface area (Å²) in [4.78, 5) is 0. The highest BCUT2D eigenvalue weighted by Crippen LogP contribution is 2.22. The van der Waals surface area contributed by atoms with Crippen molar-refractivity contribution in [3.8, 4) is 0 Å². The van der Waals surface area contributed by atoms with Gasteiger partial charge in [-0.1, -0.05) is 0 Å². The predicted molar refractivity (Wildman–Crippen MR) is 57.1 cm³/mol. The van der Waals surface area contributed by atoms with E-state index in [4.69, 9.17) is 4.42 Å². The van der Waals surface area contributed by atoms with Crippen molar-refractivity contribution in [2.45, 2.75) is 13.0 Å². The molecule has 0 spiro atoms. The number of hydrogen-bond acceptors (Lipinski definition) is 2. The quantitative estimate of drug-likeness (QED) is 0.857. The zero-order valence-electron chi connectivity index (χ0n) is 8.71. The number of anilines is 1. The molecule has 0 saturated heterocycles. The maximum Gasteiger partial charge on any atom is 0.149 e. The van der Waals surface area contributed by atoms with Crippen LogP contribution in [0.1, 0.15) is 18.7 Å². The van der Waals surface area contributed by atoms with Crippen molar-refractivity contribution in [3.63, 3.8) is 0 Å². The van der Waals surface area contributed by atoms with Gasteiger partial charge in [0.25, 0.3) is 0 Å². The van der Waals surface area contributed by atoms with Crippen molar-refractivity contribution in [2.75, 3.05) is 5.32 Å². The van der Waals surface area contributed by atoms with Gasteiger partial charge in [-0.3, -0.25) is 0 Å². The second-order valence-corrected chi connectivity index (χ2v) is 3.51. The van der Waals surface area contributed by atoms with Gasteiger partial charge in [-0.05, 0) is 31.2 Å². The maximum absolute atomic E-state index is 13.3. The van der Waals surface area contributed by atoms with Crippen LogP contribution in [0, 0.1) is 11.6 Å². The Bertz CT molecular complexity index is 468. The van der Waals surface area contributed by atoms with Gasteiger partial charge in [-0.25, -0.2) is 8.78 Å². The molecule has 2 nitrogen and oxygen atoms in total. The van der Waals surface area contributed by atoms with Crippen molar-refractivity contribution in [1.82, 2.24) is 0 Å². The Labute approximate surface area is 91.9 Å².